The first-order valence-electron chi connectivity index (χ1n) is 7.86. The summed E-state index contributed by atoms with van der Waals surface area (Å²) in [4.78, 5) is 36.9. The van der Waals surface area contributed by atoms with E-state index in [9.17, 15) is 14.4 Å². The summed E-state index contributed by atoms with van der Waals surface area (Å²) in [5, 5.41) is 5.59. The summed E-state index contributed by atoms with van der Waals surface area (Å²) in [5.74, 6) is -0.350. The van der Waals surface area contributed by atoms with Crippen molar-refractivity contribution in [3.05, 3.63) is 0 Å². The van der Waals surface area contributed by atoms with Crippen molar-refractivity contribution in [2.75, 3.05) is 13.1 Å². The van der Waals surface area contributed by atoms with Gasteiger partial charge >= 0.3 is 6.03 Å². The highest BCUT2D eigenvalue weighted by Gasteiger charge is 2.43. The van der Waals surface area contributed by atoms with Gasteiger partial charge in [0.05, 0.1) is 5.54 Å². The number of nitrogens with zero attached hydrogens (tertiary/aromatic N) is 1. The maximum Gasteiger partial charge on any atom is 0.325 e. The molecule has 7 nitrogen and oxygen atoms in total. The highest BCUT2D eigenvalue weighted by Crippen LogP contribution is 2.17. The van der Waals surface area contributed by atoms with Crippen molar-refractivity contribution in [1.82, 2.24) is 15.5 Å². The maximum absolute atomic E-state index is 12.0. The first-order valence-corrected chi connectivity index (χ1v) is 7.86. The van der Waals surface area contributed by atoms with Crippen molar-refractivity contribution < 1.29 is 14.4 Å². The van der Waals surface area contributed by atoms with E-state index in [1.165, 1.54) is 4.90 Å². The van der Waals surface area contributed by atoms with Gasteiger partial charge in [0.15, 0.2) is 0 Å². The Kier molecular flexibility index (Phi) is 8.00. The number of nitrogens with one attached hydrogen (secondary N) is 2. The van der Waals surface area contributed by atoms with E-state index in [0.717, 1.165) is 12.8 Å². The Hall–Kier alpha value is -1.34. The Bertz CT molecular complexity index is 442. The lowest BCUT2D eigenvalue weighted by Gasteiger charge is -2.31. The minimum Gasteiger partial charge on any atom is -0.349 e. The molecule has 0 spiro atoms. The van der Waals surface area contributed by atoms with E-state index in [-0.39, 0.29) is 42.7 Å². The minimum absolute atomic E-state index is 0. The number of urea groups is 1. The second kappa shape index (κ2) is 8.49. The summed E-state index contributed by atoms with van der Waals surface area (Å²) in [6, 6.07) is -0.395. The Labute approximate surface area is 144 Å². The zero-order chi connectivity index (χ0) is 17.0. The minimum atomic E-state index is -0.863. The van der Waals surface area contributed by atoms with Gasteiger partial charge in [-0.05, 0) is 33.1 Å². The molecule has 1 saturated heterocycles. The SMILES string of the molecule is CCC(CC)(CN)NC(=O)CCCN1C(=O)NC(C)(C)C1=O.Cl. The van der Waals surface area contributed by atoms with Crippen LogP contribution in [0.3, 0.4) is 0 Å². The molecule has 1 rings (SSSR count). The van der Waals surface area contributed by atoms with Gasteiger partial charge in [-0.15, -0.1) is 12.4 Å². The van der Waals surface area contributed by atoms with Crippen LogP contribution in [0, 0.1) is 0 Å². The summed E-state index contributed by atoms with van der Waals surface area (Å²) in [6.07, 6.45) is 2.24. The molecule has 0 radical (unpaired) electrons. The summed E-state index contributed by atoms with van der Waals surface area (Å²) < 4.78 is 0. The average Bonchev–Trinajstić information content (AvgIpc) is 2.66. The van der Waals surface area contributed by atoms with E-state index in [2.05, 4.69) is 10.6 Å². The molecule has 0 bridgehead atoms. The first-order chi connectivity index (χ1) is 10.2. The van der Waals surface area contributed by atoms with Gasteiger partial charge in [0, 0.05) is 19.5 Å². The first kappa shape index (κ1) is 21.7. The van der Waals surface area contributed by atoms with Crippen LogP contribution in [0.4, 0.5) is 4.79 Å². The van der Waals surface area contributed by atoms with Crippen LogP contribution < -0.4 is 16.4 Å². The summed E-state index contributed by atoms with van der Waals surface area (Å²) in [6.45, 7) is 7.95. The molecule has 1 aliphatic rings. The van der Waals surface area contributed by atoms with E-state index < -0.39 is 11.6 Å². The number of imide groups is 1. The number of amides is 4. The van der Waals surface area contributed by atoms with Gasteiger partial charge in [-0.3, -0.25) is 14.5 Å². The number of halogens is 1. The van der Waals surface area contributed by atoms with Crippen molar-refractivity contribution in [3.8, 4) is 0 Å². The van der Waals surface area contributed by atoms with Gasteiger partial charge in [-0.25, -0.2) is 4.79 Å². The predicted molar refractivity (Wildman–Crippen MR) is 91.3 cm³/mol. The smallest absolute Gasteiger partial charge is 0.325 e. The Balaban J connectivity index is 0.00000484. The third kappa shape index (κ3) is 5.07. The second-order valence-electron chi connectivity index (χ2n) is 6.36. The molecule has 0 unspecified atom stereocenters. The highest BCUT2D eigenvalue weighted by atomic mass is 35.5. The van der Waals surface area contributed by atoms with Crippen molar-refractivity contribution in [2.45, 2.75) is 64.5 Å². The molecule has 4 N–H and O–H groups in total. The van der Waals surface area contributed by atoms with Crippen molar-refractivity contribution in [2.24, 2.45) is 5.73 Å². The third-order valence-corrected chi connectivity index (χ3v) is 4.38. The number of rotatable bonds is 8. The molecule has 0 saturated carbocycles. The van der Waals surface area contributed by atoms with Crippen LogP contribution in [-0.4, -0.2) is 46.9 Å². The molecule has 0 aromatic carbocycles. The summed E-state index contributed by atoms with van der Waals surface area (Å²) in [7, 11) is 0. The van der Waals surface area contributed by atoms with Gasteiger partial charge in [-0.1, -0.05) is 13.8 Å². The molecule has 4 amide bonds. The fraction of sp³-hybridized carbons (Fsp3) is 0.800. The summed E-state index contributed by atoms with van der Waals surface area (Å²) >= 11 is 0. The molecule has 23 heavy (non-hydrogen) atoms. The highest BCUT2D eigenvalue weighted by molar-refractivity contribution is 6.06. The van der Waals surface area contributed by atoms with E-state index in [4.69, 9.17) is 5.73 Å². The van der Waals surface area contributed by atoms with Gasteiger partial charge in [-0.2, -0.15) is 0 Å². The zero-order valence-corrected chi connectivity index (χ0v) is 15.2. The molecule has 1 aliphatic heterocycles. The van der Waals surface area contributed by atoms with Gasteiger partial charge in [0.1, 0.15) is 5.54 Å². The van der Waals surface area contributed by atoms with E-state index in [1.54, 1.807) is 13.8 Å². The van der Waals surface area contributed by atoms with Crippen molar-refractivity contribution in [1.29, 1.82) is 0 Å². The fourth-order valence-electron chi connectivity index (χ4n) is 2.54. The maximum atomic E-state index is 12.0. The Morgan fingerprint density at radius 2 is 1.87 bits per heavy atom. The second-order valence-corrected chi connectivity index (χ2v) is 6.36. The van der Waals surface area contributed by atoms with Crippen LogP contribution in [-0.2, 0) is 9.59 Å². The summed E-state index contributed by atoms with van der Waals surface area (Å²) in [5.41, 5.74) is 4.53. The molecular weight excluding hydrogens is 320 g/mol. The van der Waals surface area contributed by atoms with E-state index in [1.807, 2.05) is 13.8 Å². The molecule has 1 fully saturated rings. The lowest BCUT2D eigenvalue weighted by atomic mass is 9.92. The molecular formula is C15H29ClN4O3. The number of carbonyl (C=O) groups excluding carboxylic acids is 3. The third-order valence-electron chi connectivity index (χ3n) is 4.38. The predicted octanol–water partition coefficient (Wildman–Crippen LogP) is 1.15. The van der Waals surface area contributed by atoms with Gasteiger partial charge in [0.25, 0.3) is 5.91 Å². The molecule has 0 aliphatic carbocycles. The van der Waals surface area contributed by atoms with Crippen molar-refractivity contribution >= 4 is 30.3 Å². The number of hydrogen-bond acceptors (Lipinski definition) is 4. The van der Waals surface area contributed by atoms with Crippen LogP contribution >= 0.6 is 12.4 Å². The molecule has 0 atom stereocenters. The Morgan fingerprint density at radius 3 is 2.26 bits per heavy atom. The fourth-order valence-corrected chi connectivity index (χ4v) is 2.54. The number of nitrogens with two attached hydrogens (primary N) is 1. The molecule has 8 heteroatoms. The number of carbonyl (C=O) groups is 3. The van der Waals surface area contributed by atoms with E-state index >= 15 is 0 Å². The quantitative estimate of drug-likeness (QED) is 0.572. The standard InChI is InChI=1S/C15H28N4O3.ClH/c1-5-15(6-2,10-16)17-11(20)8-7-9-19-12(21)14(3,4)18-13(19)22;/h5-10,16H2,1-4H3,(H,17,20)(H,18,22);1H. The average molecular weight is 349 g/mol. The van der Waals surface area contributed by atoms with Crippen LogP contribution in [0.25, 0.3) is 0 Å². The lowest BCUT2D eigenvalue weighted by molar-refractivity contribution is -0.130. The molecule has 134 valence electrons. The van der Waals surface area contributed by atoms with E-state index in [0.29, 0.717) is 13.0 Å². The number of hydrogen-bond donors (Lipinski definition) is 3. The van der Waals surface area contributed by atoms with Crippen LogP contribution in [0.2, 0.25) is 0 Å². The van der Waals surface area contributed by atoms with Gasteiger partial charge in [0.2, 0.25) is 5.91 Å². The zero-order valence-electron chi connectivity index (χ0n) is 14.4. The topological polar surface area (TPSA) is 105 Å². The lowest BCUT2D eigenvalue weighted by Crippen LogP contribution is -2.52. The molecule has 0 aromatic heterocycles. The normalized spacial score (nSPS) is 16.8. The van der Waals surface area contributed by atoms with Gasteiger partial charge < -0.3 is 16.4 Å². The molecule has 0 aromatic rings. The largest absolute Gasteiger partial charge is 0.349 e. The van der Waals surface area contributed by atoms with Crippen molar-refractivity contribution in [3.63, 3.8) is 0 Å². The van der Waals surface area contributed by atoms with Crippen LogP contribution in [0.5, 0.6) is 0 Å². The Morgan fingerprint density at radius 1 is 1.30 bits per heavy atom. The monoisotopic (exact) mass is 348 g/mol. The van der Waals surface area contributed by atoms with Crippen LogP contribution in [0.1, 0.15) is 53.4 Å². The molecule has 1 heterocycles. The van der Waals surface area contributed by atoms with Crippen LogP contribution in [0.15, 0.2) is 0 Å².